The number of nitrogens with two attached hydrogens (primary N) is 1. The number of nitrogen functional groups attached to an aromatic ring is 1. The molecule has 31 heavy (non-hydrogen) atoms. The van der Waals surface area contributed by atoms with Crippen molar-refractivity contribution in [1.29, 1.82) is 0 Å². The molecule has 0 aromatic carbocycles. The van der Waals surface area contributed by atoms with Crippen molar-refractivity contribution < 1.29 is 14.3 Å². The fourth-order valence-corrected chi connectivity index (χ4v) is 5.60. The quantitative estimate of drug-likeness (QED) is 0.758. The summed E-state index contributed by atoms with van der Waals surface area (Å²) in [4.78, 5) is 34.8. The molecular formula is C23H32N4O3S. The largest absolute Gasteiger partial charge is 0.450 e. The highest BCUT2D eigenvalue weighted by atomic mass is 32.1. The van der Waals surface area contributed by atoms with Crippen molar-refractivity contribution in [3.8, 4) is 0 Å². The van der Waals surface area contributed by atoms with Gasteiger partial charge in [0.15, 0.2) is 0 Å². The van der Waals surface area contributed by atoms with Gasteiger partial charge in [0.05, 0.1) is 12.3 Å². The van der Waals surface area contributed by atoms with Gasteiger partial charge in [0.1, 0.15) is 9.71 Å². The summed E-state index contributed by atoms with van der Waals surface area (Å²) in [6, 6.07) is 2.16. The Hall–Kier alpha value is -2.35. The van der Waals surface area contributed by atoms with Crippen molar-refractivity contribution in [3.63, 3.8) is 0 Å². The molecule has 1 aliphatic carbocycles. The summed E-state index contributed by atoms with van der Waals surface area (Å²) in [6.07, 6.45) is 2.81. The monoisotopic (exact) mass is 444 g/mol. The van der Waals surface area contributed by atoms with Crippen LogP contribution in [0.1, 0.15) is 55.0 Å². The number of aromatic nitrogens is 1. The summed E-state index contributed by atoms with van der Waals surface area (Å²) in [5, 5.41) is 0.895. The number of carbonyl (C=O) groups is 2. The smallest absolute Gasteiger partial charge is 0.409 e. The van der Waals surface area contributed by atoms with Gasteiger partial charge in [-0.1, -0.05) is 20.8 Å². The molecule has 0 saturated carbocycles. The molecule has 2 aromatic heterocycles. The number of rotatable bonds is 2. The number of amides is 2. The maximum atomic E-state index is 13.2. The molecule has 2 aliphatic rings. The lowest BCUT2D eigenvalue weighted by atomic mass is 9.71. The number of hydrogen-bond donors (Lipinski definition) is 1. The minimum Gasteiger partial charge on any atom is -0.450 e. The number of ether oxygens (including phenoxy) is 1. The van der Waals surface area contributed by atoms with Crippen LogP contribution >= 0.6 is 11.3 Å². The second-order valence-electron chi connectivity index (χ2n) is 9.58. The van der Waals surface area contributed by atoms with Crippen LogP contribution in [0.15, 0.2) is 6.07 Å². The summed E-state index contributed by atoms with van der Waals surface area (Å²) >= 11 is 1.39. The number of aryl methyl sites for hydroxylation is 1. The van der Waals surface area contributed by atoms with E-state index in [9.17, 15) is 9.59 Å². The standard InChI is InChI=1S/C23H32N4O3S/c1-5-30-22(29)27-10-8-26(9-11-27)21(28)19-18(24)16-13-14-12-15(23(2,3)4)6-7-17(14)25-20(16)31-19/h13,15H,5-12,24H2,1-4H3. The molecule has 0 spiro atoms. The molecule has 1 fully saturated rings. The van der Waals surface area contributed by atoms with Crippen LogP contribution in [0.25, 0.3) is 10.2 Å². The minimum atomic E-state index is -0.320. The van der Waals surface area contributed by atoms with E-state index in [4.69, 9.17) is 15.5 Å². The zero-order valence-corrected chi connectivity index (χ0v) is 19.7. The molecule has 1 unspecified atom stereocenters. The van der Waals surface area contributed by atoms with Crippen molar-refractivity contribution >= 4 is 39.2 Å². The van der Waals surface area contributed by atoms with E-state index < -0.39 is 0 Å². The zero-order chi connectivity index (χ0) is 22.3. The molecule has 4 rings (SSSR count). The van der Waals surface area contributed by atoms with Crippen LogP contribution in [0.3, 0.4) is 0 Å². The van der Waals surface area contributed by atoms with Gasteiger partial charge in [0.25, 0.3) is 5.91 Å². The van der Waals surface area contributed by atoms with Gasteiger partial charge in [-0.15, -0.1) is 11.3 Å². The molecule has 1 aliphatic heterocycles. The topological polar surface area (TPSA) is 88.8 Å². The van der Waals surface area contributed by atoms with E-state index in [0.717, 1.165) is 35.2 Å². The van der Waals surface area contributed by atoms with E-state index >= 15 is 0 Å². The van der Waals surface area contributed by atoms with Gasteiger partial charge >= 0.3 is 6.09 Å². The van der Waals surface area contributed by atoms with Crippen molar-refractivity contribution in [2.75, 3.05) is 38.5 Å². The normalized spacial score (nSPS) is 19.4. The summed E-state index contributed by atoms with van der Waals surface area (Å²) < 4.78 is 5.06. The van der Waals surface area contributed by atoms with E-state index in [1.807, 2.05) is 0 Å². The highest BCUT2D eigenvalue weighted by Crippen LogP contribution is 2.40. The first-order valence-corrected chi connectivity index (χ1v) is 11.9. The number of piperazine rings is 1. The van der Waals surface area contributed by atoms with Crippen molar-refractivity contribution in [1.82, 2.24) is 14.8 Å². The number of hydrogen-bond acceptors (Lipinski definition) is 6. The Bertz CT molecular complexity index is 1000. The Morgan fingerprint density at radius 3 is 2.55 bits per heavy atom. The van der Waals surface area contributed by atoms with E-state index in [1.54, 1.807) is 16.7 Å². The summed E-state index contributed by atoms with van der Waals surface area (Å²) in [5.74, 6) is 0.547. The minimum absolute atomic E-state index is 0.0745. The Balaban J connectivity index is 1.54. The average molecular weight is 445 g/mol. The van der Waals surface area contributed by atoms with E-state index in [-0.39, 0.29) is 17.4 Å². The first-order valence-electron chi connectivity index (χ1n) is 11.1. The molecule has 2 aromatic rings. The lowest BCUT2D eigenvalue weighted by molar-refractivity contribution is 0.0575. The Kier molecular flexibility index (Phi) is 5.85. The van der Waals surface area contributed by atoms with E-state index in [1.165, 1.54) is 16.9 Å². The third-order valence-corrected chi connectivity index (χ3v) is 7.70. The molecule has 3 heterocycles. The molecule has 7 nitrogen and oxygen atoms in total. The van der Waals surface area contributed by atoms with Crippen molar-refractivity contribution in [2.24, 2.45) is 11.3 Å². The maximum absolute atomic E-state index is 13.2. The van der Waals surface area contributed by atoms with Crippen LogP contribution in [0, 0.1) is 11.3 Å². The number of anilines is 1. The zero-order valence-electron chi connectivity index (χ0n) is 18.9. The number of pyridine rings is 1. The molecule has 1 saturated heterocycles. The maximum Gasteiger partial charge on any atom is 0.409 e. The van der Waals surface area contributed by atoms with Gasteiger partial charge in [-0.2, -0.15) is 0 Å². The van der Waals surface area contributed by atoms with Crippen LogP contribution < -0.4 is 5.73 Å². The van der Waals surface area contributed by atoms with Crippen LogP contribution in [-0.4, -0.2) is 59.6 Å². The highest BCUT2D eigenvalue weighted by molar-refractivity contribution is 7.21. The highest BCUT2D eigenvalue weighted by Gasteiger charge is 2.31. The molecule has 0 bridgehead atoms. The van der Waals surface area contributed by atoms with Crippen LogP contribution in [-0.2, 0) is 17.6 Å². The van der Waals surface area contributed by atoms with Crippen LogP contribution in [0.4, 0.5) is 10.5 Å². The SMILES string of the molecule is CCOC(=O)N1CCN(C(=O)c2sc3nc4c(cc3c2N)CC(C(C)(C)C)CC4)CC1. The lowest BCUT2D eigenvalue weighted by Crippen LogP contribution is -2.50. The van der Waals surface area contributed by atoms with Crippen molar-refractivity contribution in [2.45, 2.75) is 47.0 Å². The predicted octanol–water partition coefficient (Wildman–Crippen LogP) is 3.94. The third kappa shape index (κ3) is 4.22. The second-order valence-corrected chi connectivity index (χ2v) is 10.6. The number of thiophene rings is 1. The first kappa shape index (κ1) is 21.9. The van der Waals surface area contributed by atoms with Crippen LogP contribution in [0.2, 0.25) is 0 Å². The first-order chi connectivity index (χ1) is 14.7. The Morgan fingerprint density at radius 1 is 1.23 bits per heavy atom. The fraction of sp³-hybridized carbons (Fsp3) is 0.609. The van der Waals surface area contributed by atoms with E-state index in [2.05, 4.69) is 26.8 Å². The summed E-state index contributed by atoms with van der Waals surface area (Å²) in [7, 11) is 0. The number of carbonyl (C=O) groups excluding carboxylic acids is 2. The third-order valence-electron chi connectivity index (χ3n) is 6.60. The van der Waals surface area contributed by atoms with Gasteiger partial charge in [-0.3, -0.25) is 4.79 Å². The fourth-order valence-electron chi connectivity index (χ4n) is 4.54. The molecule has 2 amide bonds. The van der Waals surface area contributed by atoms with Gasteiger partial charge < -0.3 is 20.3 Å². The molecule has 0 radical (unpaired) electrons. The molecule has 168 valence electrons. The average Bonchev–Trinajstić information content (AvgIpc) is 3.06. The van der Waals surface area contributed by atoms with Crippen molar-refractivity contribution in [3.05, 3.63) is 22.2 Å². The molecule has 8 heteroatoms. The van der Waals surface area contributed by atoms with Gasteiger partial charge in [-0.05, 0) is 49.1 Å². The second kappa shape index (κ2) is 8.30. The van der Waals surface area contributed by atoms with Gasteiger partial charge in [0, 0.05) is 37.3 Å². The Morgan fingerprint density at radius 2 is 1.90 bits per heavy atom. The molecule has 2 N–H and O–H groups in total. The van der Waals surface area contributed by atoms with E-state index in [0.29, 0.717) is 49.3 Å². The predicted molar refractivity (Wildman–Crippen MR) is 124 cm³/mol. The van der Waals surface area contributed by atoms with Gasteiger partial charge in [-0.25, -0.2) is 9.78 Å². The molecular weight excluding hydrogens is 412 g/mol. The Labute approximate surface area is 187 Å². The summed E-state index contributed by atoms with van der Waals surface area (Å²) in [6.45, 7) is 10.9. The van der Waals surface area contributed by atoms with Gasteiger partial charge in [0.2, 0.25) is 0 Å². The molecule has 1 atom stereocenters. The lowest BCUT2D eigenvalue weighted by Gasteiger charge is -2.34. The van der Waals surface area contributed by atoms with Crippen LogP contribution in [0.5, 0.6) is 0 Å². The number of nitrogens with zero attached hydrogens (tertiary/aromatic N) is 3. The summed E-state index contributed by atoms with van der Waals surface area (Å²) in [5.41, 5.74) is 9.67. The number of fused-ring (bicyclic) bond motifs is 2.